The van der Waals surface area contributed by atoms with Gasteiger partial charge in [0, 0.05) is 6.07 Å². The standard InChI is InChI=1S/C12H13N3O3/c1-8-10(7-16)13-14-15(8)9-4-5-11(17-2)12(6-9)18-3/h4-7H,1-3H3. The van der Waals surface area contributed by atoms with Crippen molar-refractivity contribution >= 4 is 6.29 Å². The summed E-state index contributed by atoms with van der Waals surface area (Å²) in [5, 5.41) is 7.71. The van der Waals surface area contributed by atoms with Crippen LogP contribution in [0.3, 0.4) is 0 Å². The van der Waals surface area contributed by atoms with E-state index >= 15 is 0 Å². The zero-order chi connectivity index (χ0) is 13.1. The Hall–Kier alpha value is -2.37. The van der Waals surface area contributed by atoms with Crippen LogP contribution in [0.5, 0.6) is 11.5 Å². The first-order valence-corrected chi connectivity index (χ1v) is 5.31. The maximum Gasteiger partial charge on any atom is 0.172 e. The number of hydrogen-bond donors (Lipinski definition) is 0. The Balaban J connectivity index is 2.50. The molecule has 0 aliphatic carbocycles. The van der Waals surface area contributed by atoms with Crippen LogP contribution in [0.25, 0.3) is 5.69 Å². The van der Waals surface area contributed by atoms with Crippen LogP contribution in [0, 0.1) is 6.92 Å². The Kier molecular flexibility index (Phi) is 3.27. The van der Waals surface area contributed by atoms with Gasteiger partial charge in [0.25, 0.3) is 0 Å². The summed E-state index contributed by atoms with van der Waals surface area (Å²) in [6, 6.07) is 5.36. The number of aromatic nitrogens is 3. The van der Waals surface area contributed by atoms with Crippen molar-refractivity contribution in [2.24, 2.45) is 0 Å². The van der Waals surface area contributed by atoms with E-state index in [-0.39, 0.29) is 0 Å². The summed E-state index contributed by atoms with van der Waals surface area (Å²) in [6.45, 7) is 1.78. The van der Waals surface area contributed by atoms with Crippen LogP contribution in [0.2, 0.25) is 0 Å². The first-order valence-electron chi connectivity index (χ1n) is 5.31. The van der Waals surface area contributed by atoms with Crippen LogP contribution in [-0.2, 0) is 0 Å². The van der Waals surface area contributed by atoms with Gasteiger partial charge < -0.3 is 9.47 Å². The molecule has 1 heterocycles. The van der Waals surface area contributed by atoms with Crippen molar-refractivity contribution in [2.75, 3.05) is 14.2 Å². The van der Waals surface area contributed by atoms with E-state index in [1.54, 1.807) is 38.0 Å². The molecule has 2 aromatic rings. The van der Waals surface area contributed by atoms with Crippen molar-refractivity contribution in [2.45, 2.75) is 6.92 Å². The molecule has 0 bridgehead atoms. The fraction of sp³-hybridized carbons (Fsp3) is 0.250. The number of carbonyl (C=O) groups excluding carboxylic acids is 1. The molecule has 0 spiro atoms. The Morgan fingerprint density at radius 2 is 1.94 bits per heavy atom. The number of rotatable bonds is 4. The van der Waals surface area contributed by atoms with Gasteiger partial charge in [0.2, 0.25) is 0 Å². The molecule has 1 aromatic heterocycles. The quantitative estimate of drug-likeness (QED) is 0.764. The van der Waals surface area contributed by atoms with E-state index in [1.807, 2.05) is 6.07 Å². The minimum atomic E-state index is 0.324. The molecule has 6 heteroatoms. The van der Waals surface area contributed by atoms with Crippen molar-refractivity contribution in [3.63, 3.8) is 0 Å². The lowest BCUT2D eigenvalue weighted by Gasteiger charge is -2.09. The molecule has 0 aliphatic heterocycles. The SMILES string of the molecule is COc1ccc(-n2nnc(C=O)c2C)cc1OC. The van der Waals surface area contributed by atoms with Crippen LogP contribution in [-0.4, -0.2) is 35.5 Å². The lowest BCUT2D eigenvalue weighted by atomic mass is 10.2. The van der Waals surface area contributed by atoms with Crippen LogP contribution in [0.4, 0.5) is 0 Å². The van der Waals surface area contributed by atoms with Gasteiger partial charge in [-0.25, -0.2) is 4.68 Å². The normalized spacial score (nSPS) is 10.2. The number of methoxy groups -OCH3 is 2. The number of benzene rings is 1. The van der Waals surface area contributed by atoms with Crippen LogP contribution in [0.15, 0.2) is 18.2 Å². The maximum absolute atomic E-state index is 10.7. The maximum atomic E-state index is 10.7. The van der Waals surface area contributed by atoms with Gasteiger partial charge in [-0.3, -0.25) is 4.79 Å². The fourth-order valence-corrected chi connectivity index (χ4v) is 1.65. The highest BCUT2D eigenvalue weighted by Crippen LogP contribution is 2.29. The molecule has 0 amide bonds. The number of nitrogens with zero attached hydrogens (tertiary/aromatic N) is 3. The van der Waals surface area contributed by atoms with Gasteiger partial charge in [-0.15, -0.1) is 5.10 Å². The Morgan fingerprint density at radius 3 is 2.50 bits per heavy atom. The molecule has 0 radical (unpaired) electrons. The minimum Gasteiger partial charge on any atom is -0.493 e. The topological polar surface area (TPSA) is 66.2 Å². The second kappa shape index (κ2) is 4.87. The second-order valence-corrected chi connectivity index (χ2v) is 3.63. The number of ether oxygens (including phenoxy) is 2. The predicted molar refractivity (Wildman–Crippen MR) is 64.6 cm³/mol. The van der Waals surface area contributed by atoms with Crippen molar-refractivity contribution in [3.8, 4) is 17.2 Å². The molecule has 94 valence electrons. The van der Waals surface area contributed by atoms with Crippen LogP contribution < -0.4 is 9.47 Å². The second-order valence-electron chi connectivity index (χ2n) is 3.63. The summed E-state index contributed by atoms with van der Waals surface area (Å²) in [5.41, 5.74) is 1.76. The highest BCUT2D eigenvalue weighted by molar-refractivity contribution is 5.73. The zero-order valence-electron chi connectivity index (χ0n) is 10.4. The van der Waals surface area contributed by atoms with Gasteiger partial charge in [-0.1, -0.05) is 5.21 Å². The zero-order valence-corrected chi connectivity index (χ0v) is 10.4. The Labute approximate surface area is 104 Å². The Morgan fingerprint density at radius 1 is 1.22 bits per heavy atom. The van der Waals surface area contributed by atoms with Gasteiger partial charge >= 0.3 is 0 Å². The van der Waals surface area contributed by atoms with E-state index in [2.05, 4.69) is 10.3 Å². The van der Waals surface area contributed by atoms with E-state index in [0.29, 0.717) is 29.2 Å². The average Bonchev–Trinajstić information content (AvgIpc) is 2.79. The number of carbonyl (C=O) groups is 1. The number of aldehydes is 1. The van der Waals surface area contributed by atoms with Crippen LogP contribution >= 0.6 is 0 Å². The van der Waals surface area contributed by atoms with Gasteiger partial charge in [-0.2, -0.15) is 0 Å². The molecule has 0 N–H and O–H groups in total. The first-order chi connectivity index (χ1) is 8.71. The van der Waals surface area contributed by atoms with Crippen molar-refractivity contribution in [3.05, 3.63) is 29.6 Å². The van der Waals surface area contributed by atoms with Gasteiger partial charge in [0.1, 0.15) is 5.69 Å². The summed E-state index contributed by atoms with van der Waals surface area (Å²) in [7, 11) is 3.13. The van der Waals surface area contributed by atoms with E-state index in [1.165, 1.54) is 0 Å². The van der Waals surface area contributed by atoms with E-state index in [0.717, 1.165) is 5.69 Å². The predicted octanol–water partition coefficient (Wildman–Crippen LogP) is 1.41. The molecule has 6 nitrogen and oxygen atoms in total. The molecule has 0 saturated heterocycles. The highest BCUT2D eigenvalue weighted by Gasteiger charge is 2.11. The van der Waals surface area contributed by atoms with Crippen molar-refractivity contribution < 1.29 is 14.3 Å². The average molecular weight is 247 g/mol. The third-order valence-corrected chi connectivity index (χ3v) is 2.65. The molecule has 2 rings (SSSR count). The van der Waals surface area contributed by atoms with E-state index in [4.69, 9.17) is 9.47 Å². The Bertz CT molecular complexity index is 578. The summed E-state index contributed by atoms with van der Waals surface area (Å²) in [4.78, 5) is 10.7. The van der Waals surface area contributed by atoms with Crippen molar-refractivity contribution in [1.29, 1.82) is 0 Å². The summed E-state index contributed by atoms with van der Waals surface area (Å²) >= 11 is 0. The largest absolute Gasteiger partial charge is 0.493 e. The smallest absolute Gasteiger partial charge is 0.172 e. The minimum absolute atomic E-state index is 0.324. The summed E-state index contributed by atoms with van der Waals surface area (Å²) in [6.07, 6.45) is 0.680. The first kappa shape index (κ1) is 12.1. The molecular formula is C12H13N3O3. The lowest BCUT2D eigenvalue weighted by Crippen LogP contribution is -2.01. The highest BCUT2D eigenvalue weighted by atomic mass is 16.5. The third-order valence-electron chi connectivity index (χ3n) is 2.65. The monoisotopic (exact) mass is 247 g/mol. The van der Waals surface area contributed by atoms with Gasteiger partial charge in [0.05, 0.1) is 25.6 Å². The van der Waals surface area contributed by atoms with E-state index in [9.17, 15) is 4.79 Å². The summed E-state index contributed by atoms with van der Waals surface area (Å²) < 4.78 is 11.9. The molecular weight excluding hydrogens is 234 g/mol. The van der Waals surface area contributed by atoms with E-state index < -0.39 is 0 Å². The molecule has 1 aromatic carbocycles. The van der Waals surface area contributed by atoms with Gasteiger partial charge in [-0.05, 0) is 19.1 Å². The third kappa shape index (κ3) is 1.92. The van der Waals surface area contributed by atoms with Crippen LogP contribution in [0.1, 0.15) is 16.2 Å². The fourth-order valence-electron chi connectivity index (χ4n) is 1.65. The van der Waals surface area contributed by atoms with Gasteiger partial charge in [0.15, 0.2) is 17.8 Å². The molecule has 0 saturated carbocycles. The number of hydrogen-bond acceptors (Lipinski definition) is 5. The van der Waals surface area contributed by atoms with Crippen molar-refractivity contribution in [1.82, 2.24) is 15.0 Å². The molecule has 0 unspecified atom stereocenters. The molecule has 0 aliphatic rings. The lowest BCUT2D eigenvalue weighted by molar-refractivity contribution is 0.111. The molecule has 0 fully saturated rings. The summed E-state index contributed by atoms with van der Waals surface area (Å²) in [5.74, 6) is 1.23. The molecule has 0 atom stereocenters. The molecule has 18 heavy (non-hydrogen) atoms.